The van der Waals surface area contributed by atoms with E-state index in [1.807, 2.05) is 24.3 Å². The highest BCUT2D eigenvalue weighted by Gasteiger charge is 2.36. The largest absolute Gasteiger partial charge is 0.367 e. The molecule has 1 heterocycles. The zero-order valence-corrected chi connectivity index (χ0v) is 12.8. The third-order valence-corrected chi connectivity index (χ3v) is 3.56. The first-order chi connectivity index (χ1) is 9.43. The molecule has 20 heavy (non-hydrogen) atoms. The van der Waals surface area contributed by atoms with E-state index < -0.39 is 11.4 Å². The molecule has 3 N–H and O–H groups in total. The molecule has 1 unspecified atom stereocenters. The Hall–Kier alpha value is -1.95. The van der Waals surface area contributed by atoms with E-state index in [2.05, 4.69) is 31.2 Å². The summed E-state index contributed by atoms with van der Waals surface area (Å²) in [5, 5.41) is 3.15. The molecule has 0 bridgehead atoms. The minimum absolute atomic E-state index is 0.513. The van der Waals surface area contributed by atoms with Gasteiger partial charge in [0, 0.05) is 22.6 Å². The molecular formula is C14H15BrN4O. The number of rotatable bonds is 4. The number of hydrogen-bond acceptors (Lipinski definition) is 4. The van der Waals surface area contributed by atoms with Crippen LogP contribution in [0.1, 0.15) is 18.3 Å². The summed E-state index contributed by atoms with van der Waals surface area (Å²) in [6, 6.07) is 7.50. The first kappa shape index (κ1) is 14.5. The number of aromatic nitrogens is 2. The van der Waals surface area contributed by atoms with Crippen molar-refractivity contribution in [1.82, 2.24) is 9.97 Å². The van der Waals surface area contributed by atoms with Crippen LogP contribution in [0.2, 0.25) is 0 Å². The quantitative estimate of drug-likeness (QED) is 0.899. The van der Waals surface area contributed by atoms with Crippen molar-refractivity contribution in [3.8, 4) is 0 Å². The smallest absolute Gasteiger partial charge is 0.249 e. The van der Waals surface area contributed by atoms with E-state index in [0.29, 0.717) is 11.4 Å². The summed E-state index contributed by atoms with van der Waals surface area (Å²) in [5.41, 5.74) is 6.40. The van der Waals surface area contributed by atoms with Crippen LogP contribution in [-0.2, 0) is 10.3 Å². The molecule has 6 heteroatoms. The SMILES string of the molecule is Cc1nccnc1C(C)(Nc1cccc(Br)c1)C(N)=O. The van der Waals surface area contributed by atoms with Crippen LogP contribution in [0.4, 0.5) is 5.69 Å². The van der Waals surface area contributed by atoms with Crippen molar-refractivity contribution in [2.75, 3.05) is 5.32 Å². The molecule has 1 aromatic heterocycles. The van der Waals surface area contributed by atoms with E-state index >= 15 is 0 Å². The molecule has 5 nitrogen and oxygen atoms in total. The van der Waals surface area contributed by atoms with Crippen LogP contribution in [0, 0.1) is 6.92 Å². The second-order valence-electron chi connectivity index (χ2n) is 4.61. The van der Waals surface area contributed by atoms with Crippen LogP contribution in [0.15, 0.2) is 41.1 Å². The number of hydrogen-bond donors (Lipinski definition) is 2. The molecule has 1 amide bonds. The standard InChI is InChI=1S/C14H15BrN4O/c1-9-12(18-7-6-17-9)14(2,13(16)20)19-11-5-3-4-10(15)8-11/h3-8,19H,1-2H3,(H2,16,20). The van der Waals surface area contributed by atoms with E-state index in [1.165, 1.54) is 0 Å². The van der Waals surface area contributed by atoms with Gasteiger partial charge >= 0.3 is 0 Å². The molecule has 104 valence electrons. The van der Waals surface area contributed by atoms with Crippen LogP contribution in [0.3, 0.4) is 0 Å². The molecule has 0 aliphatic heterocycles. The Balaban J connectivity index is 2.46. The summed E-state index contributed by atoms with van der Waals surface area (Å²) in [7, 11) is 0. The Morgan fingerprint density at radius 1 is 1.35 bits per heavy atom. The van der Waals surface area contributed by atoms with Gasteiger partial charge in [0.05, 0.1) is 11.4 Å². The van der Waals surface area contributed by atoms with Crippen molar-refractivity contribution in [2.24, 2.45) is 5.73 Å². The molecule has 1 aromatic carbocycles. The second kappa shape index (κ2) is 5.58. The lowest BCUT2D eigenvalue weighted by Gasteiger charge is -2.28. The van der Waals surface area contributed by atoms with Crippen molar-refractivity contribution in [3.05, 3.63) is 52.5 Å². The fourth-order valence-corrected chi connectivity index (χ4v) is 2.39. The van der Waals surface area contributed by atoms with Crippen LogP contribution < -0.4 is 11.1 Å². The molecular weight excluding hydrogens is 320 g/mol. The van der Waals surface area contributed by atoms with Gasteiger partial charge in [-0.05, 0) is 32.0 Å². The molecule has 0 fully saturated rings. The predicted octanol–water partition coefficient (Wildman–Crippen LogP) is 2.36. The van der Waals surface area contributed by atoms with Crippen molar-refractivity contribution in [3.63, 3.8) is 0 Å². The molecule has 0 saturated heterocycles. The lowest BCUT2D eigenvalue weighted by atomic mass is 9.94. The fraction of sp³-hybridized carbons (Fsp3) is 0.214. The number of carbonyl (C=O) groups is 1. The number of anilines is 1. The monoisotopic (exact) mass is 334 g/mol. The second-order valence-corrected chi connectivity index (χ2v) is 5.53. The number of primary amides is 1. The first-order valence-electron chi connectivity index (χ1n) is 6.05. The van der Waals surface area contributed by atoms with Gasteiger partial charge in [0.25, 0.3) is 0 Å². The van der Waals surface area contributed by atoms with Gasteiger partial charge in [-0.15, -0.1) is 0 Å². The zero-order chi connectivity index (χ0) is 14.8. The van der Waals surface area contributed by atoms with Gasteiger partial charge in [-0.2, -0.15) is 0 Å². The highest BCUT2D eigenvalue weighted by Crippen LogP contribution is 2.27. The molecule has 0 aliphatic carbocycles. The van der Waals surface area contributed by atoms with Crippen molar-refractivity contribution in [2.45, 2.75) is 19.4 Å². The van der Waals surface area contributed by atoms with Gasteiger partial charge in [-0.3, -0.25) is 14.8 Å². The topological polar surface area (TPSA) is 80.9 Å². The molecule has 0 spiro atoms. The third-order valence-electron chi connectivity index (χ3n) is 3.07. The number of nitrogens with one attached hydrogen (secondary N) is 1. The van der Waals surface area contributed by atoms with Gasteiger partial charge in [-0.25, -0.2) is 0 Å². The molecule has 2 rings (SSSR count). The van der Waals surface area contributed by atoms with Crippen LogP contribution in [-0.4, -0.2) is 15.9 Å². The number of amides is 1. The summed E-state index contributed by atoms with van der Waals surface area (Å²) in [6.45, 7) is 3.50. The van der Waals surface area contributed by atoms with Crippen LogP contribution in [0.25, 0.3) is 0 Å². The summed E-state index contributed by atoms with van der Waals surface area (Å²) < 4.78 is 0.908. The number of halogens is 1. The van der Waals surface area contributed by atoms with Crippen LogP contribution >= 0.6 is 15.9 Å². The lowest BCUT2D eigenvalue weighted by molar-refractivity contribution is -0.122. The summed E-state index contributed by atoms with van der Waals surface area (Å²) in [4.78, 5) is 20.4. The summed E-state index contributed by atoms with van der Waals surface area (Å²) in [6.07, 6.45) is 3.13. The maximum Gasteiger partial charge on any atom is 0.249 e. The fourth-order valence-electron chi connectivity index (χ4n) is 1.99. The van der Waals surface area contributed by atoms with Gasteiger partial charge in [0.2, 0.25) is 5.91 Å². The molecule has 0 aliphatic rings. The average molecular weight is 335 g/mol. The van der Waals surface area contributed by atoms with Crippen molar-refractivity contribution in [1.29, 1.82) is 0 Å². The van der Waals surface area contributed by atoms with Gasteiger partial charge in [0.1, 0.15) is 0 Å². The summed E-state index contributed by atoms with van der Waals surface area (Å²) in [5.74, 6) is -0.513. The lowest BCUT2D eigenvalue weighted by Crippen LogP contribution is -2.46. The minimum atomic E-state index is -1.13. The number of nitrogens with two attached hydrogens (primary N) is 1. The van der Waals surface area contributed by atoms with Crippen LogP contribution in [0.5, 0.6) is 0 Å². The van der Waals surface area contributed by atoms with Gasteiger partial charge in [-0.1, -0.05) is 22.0 Å². The Morgan fingerprint density at radius 2 is 2.05 bits per heavy atom. The predicted molar refractivity (Wildman–Crippen MR) is 81.1 cm³/mol. The maximum atomic E-state index is 11.9. The maximum absolute atomic E-state index is 11.9. The zero-order valence-electron chi connectivity index (χ0n) is 11.2. The number of benzene rings is 1. The van der Waals surface area contributed by atoms with Gasteiger partial charge < -0.3 is 11.1 Å². The molecule has 0 radical (unpaired) electrons. The van der Waals surface area contributed by atoms with Crippen molar-refractivity contribution < 1.29 is 4.79 Å². The van der Waals surface area contributed by atoms with Crippen molar-refractivity contribution >= 4 is 27.5 Å². The van der Waals surface area contributed by atoms with E-state index in [1.54, 1.807) is 26.2 Å². The number of carbonyl (C=O) groups excluding carboxylic acids is 1. The summed E-state index contributed by atoms with van der Waals surface area (Å²) >= 11 is 3.39. The Kier molecular flexibility index (Phi) is 4.04. The Bertz CT molecular complexity index is 647. The van der Waals surface area contributed by atoms with E-state index in [0.717, 1.165) is 10.2 Å². The molecule has 2 aromatic rings. The minimum Gasteiger partial charge on any atom is -0.367 e. The third kappa shape index (κ3) is 2.80. The Morgan fingerprint density at radius 3 is 2.65 bits per heavy atom. The molecule has 0 saturated carbocycles. The highest BCUT2D eigenvalue weighted by atomic mass is 79.9. The van der Waals surface area contributed by atoms with E-state index in [-0.39, 0.29) is 0 Å². The number of nitrogens with zero attached hydrogens (tertiary/aromatic N) is 2. The highest BCUT2D eigenvalue weighted by molar-refractivity contribution is 9.10. The van der Waals surface area contributed by atoms with E-state index in [4.69, 9.17) is 5.73 Å². The van der Waals surface area contributed by atoms with E-state index in [9.17, 15) is 4.79 Å². The number of aryl methyl sites for hydroxylation is 1. The Labute approximate surface area is 125 Å². The van der Waals surface area contributed by atoms with Gasteiger partial charge in [0.15, 0.2) is 5.54 Å². The first-order valence-corrected chi connectivity index (χ1v) is 6.84. The normalized spacial score (nSPS) is 13.6. The average Bonchev–Trinajstić information content (AvgIpc) is 2.38. The molecule has 1 atom stereocenters.